The Kier molecular flexibility index (Phi) is 4.13. The molecule has 1 aromatic carbocycles. The molecule has 1 fully saturated rings. The van der Waals surface area contributed by atoms with Crippen LogP contribution in [0, 0.1) is 0 Å². The minimum absolute atomic E-state index is 0.0297. The molecule has 1 atom stereocenters. The van der Waals surface area contributed by atoms with E-state index in [1.54, 1.807) is 18.5 Å². The zero-order chi connectivity index (χ0) is 20.1. The molecule has 148 valence electrons. The van der Waals surface area contributed by atoms with Crippen molar-refractivity contribution in [1.82, 2.24) is 28.9 Å². The molecule has 3 aromatic heterocycles. The number of carbonyl (C=O) groups is 1. The Bertz CT molecular complexity index is 1210. The van der Waals surface area contributed by atoms with Gasteiger partial charge in [-0.1, -0.05) is 18.2 Å². The lowest BCUT2D eigenvalue weighted by Gasteiger charge is -2.21. The summed E-state index contributed by atoms with van der Waals surface area (Å²) in [5.41, 5.74) is 3.71. The SMILES string of the molecule is CN(C)[C@H]1CCN(C(=O)c2cc3c(c4ccccc4n3C)n2-c2ncccn2)C1. The number of benzene rings is 1. The van der Waals surface area contributed by atoms with Gasteiger partial charge in [-0.15, -0.1) is 0 Å². The molecule has 0 saturated carbocycles. The number of fused-ring (bicyclic) bond motifs is 3. The van der Waals surface area contributed by atoms with E-state index in [2.05, 4.69) is 45.7 Å². The van der Waals surface area contributed by atoms with Crippen molar-refractivity contribution in [2.75, 3.05) is 27.2 Å². The highest BCUT2D eigenvalue weighted by Crippen LogP contribution is 2.33. The molecule has 0 bridgehead atoms. The van der Waals surface area contributed by atoms with Crippen molar-refractivity contribution in [2.45, 2.75) is 12.5 Å². The van der Waals surface area contributed by atoms with Gasteiger partial charge >= 0.3 is 0 Å². The van der Waals surface area contributed by atoms with Gasteiger partial charge in [-0.2, -0.15) is 0 Å². The molecule has 0 N–H and O–H groups in total. The number of likely N-dealkylation sites (N-methyl/N-ethyl adjacent to an activating group) is 1. The summed E-state index contributed by atoms with van der Waals surface area (Å²) in [6.07, 6.45) is 4.42. The third-order valence-electron chi connectivity index (χ3n) is 6.01. The van der Waals surface area contributed by atoms with Crippen molar-refractivity contribution in [2.24, 2.45) is 7.05 Å². The van der Waals surface area contributed by atoms with Crippen molar-refractivity contribution in [1.29, 1.82) is 0 Å². The highest BCUT2D eigenvalue weighted by molar-refractivity contribution is 6.10. The van der Waals surface area contributed by atoms with Crippen LogP contribution in [0.5, 0.6) is 0 Å². The van der Waals surface area contributed by atoms with Gasteiger partial charge in [-0.3, -0.25) is 9.36 Å². The molecule has 4 aromatic rings. The fourth-order valence-corrected chi connectivity index (χ4v) is 4.39. The van der Waals surface area contributed by atoms with Gasteiger partial charge in [0.25, 0.3) is 5.91 Å². The molecule has 1 aliphatic heterocycles. The van der Waals surface area contributed by atoms with E-state index in [0.29, 0.717) is 17.7 Å². The lowest BCUT2D eigenvalue weighted by molar-refractivity contribution is 0.0775. The average molecular weight is 388 g/mol. The lowest BCUT2D eigenvalue weighted by Crippen LogP contribution is -2.35. The highest BCUT2D eigenvalue weighted by Gasteiger charge is 2.31. The summed E-state index contributed by atoms with van der Waals surface area (Å²) in [6.45, 7) is 1.50. The van der Waals surface area contributed by atoms with Crippen molar-refractivity contribution in [3.63, 3.8) is 0 Å². The molecule has 0 unspecified atom stereocenters. The van der Waals surface area contributed by atoms with Crippen LogP contribution in [0.4, 0.5) is 0 Å². The van der Waals surface area contributed by atoms with Gasteiger partial charge < -0.3 is 14.4 Å². The fourth-order valence-electron chi connectivity index (χ4n) is 4.39. The van der Waals surface area contributed by atoms with E-state index in [4.69, 9.17) is 0 Å². The number of aryl methyl sites for hydroxylation is 1. The smallest absolute Gasteiger partial charge is 0.271 e. The van der Waals surface area contributed by atoms with E-state index in [1.165, 1.54) is 0 Å². The third kappa shape index (κ3) is 2.73. The maximum Gasteiger partial charge on any atom is 0.271 e. The molecular weight excluding hydrogens is 364 g/mol. The van der Waals surface area contributed by atoms with E-state index in [-0.39, 0.29) is 5.91 Å². The first-order chi connectivity index (χ1) is 14.1. The number of likely N-dealkylation sites (tertiary alicyclic amines) is 1. The summed E-state index contributed by atoms with van der Waals surface area (Å²) in [6, 6.07) is 12.4. The predicted molar refractivity (Wildman–Crippen MR) is 113 cm³/mol. The normalized spacial score (nSPS) is 17.1. The molecule has 5 rings (SSSR count). The maximum atomic E-state index is 13.5. The third-order valence-corrected chi connectivity index (χ3v) is 6.01. The van der Waals surface area contributed by atoms with Gasteiger partial charge in [0.1, 0.15) is 5.69 Å². The van der Waals surface area contributed by atoms with Crippen molar-refractivity contribution in [3.8, 4) is 5.95 Å². The first-order valence-corrected chi connectivity index (χ1v) is 9.88. The van der Waals surface area contributed by atoms with E-state index < -0.39 is 0 Å². The van der Waals surface area contributed by atoms with Crippen LogP contribution in [0.2, 0.25) is 0 Å². The van der Waals surface area contributed by atoms with Gasteiger partial charge in [0.05, 0.1) is 16.6 Å². The molecule has 7 nitrogen and oxygen atoms in total. The summed E-state index contributed by atoms with van der Waals surface area (Å²) < 4.78 is 4.05. The van der Waals surface area contributed by atoms with E-state index >= 15 is 0 Å². The Morgan fingerprint density at radius 3 is 2.59 bits per heavy atom. The Morgan fingerprint density at radius 1 is 1.10 bits per heavy atom. The van der Waals surface area contributed by atoms with Crippen LogP contribution in [-0.4, -0.2) is 68.0 Å². The number of aromatic nitrogens is 4. The molecule has 1 amide bonds. The molecule has 0 radical (unpaired) electrons. The topological polar surface area (TPSA) is 59.2 Å². The van der Waals surface area contributed by atoms with E-state index in [0.717, 1.165) is 41.4 Å². The summed E-state index contributed by atoms with van der Waals surface area (Å²) in [4.78, 5) is 26.6. The number of nitrogens with zero attached hydrogens (tertiary/aromatic N) is 6. The second-order valence-corrected chi connectivity index (χ2v) is 7.88. The largest absolute Gasteiger partial charge is 0.342 e. The van der Waals surface area contributed by atoms with Crippen LogP contribution in [0.15, 0.2) is 48.8 Å². The molecule has 0 aliphatic carbocycles. The van der Waals surface area contributed by atoms with Gasteiger partial charge in [0.2, 0.25) is 5.95 Å². The summed E-state index contributed by atoms with van der Waals surface area (Å²) >= 11 is 0. The summed E-state index contributed by atoms with van der Waals surface area (Å²) in [5, 5.41) is 1.09. The average Bonchev–Trinajstić information content (AvgIpc) is 3.44. The van der Waals surface area contributed by atoms with Crippen LogP contribution in [0.25, 0.3) is 27.9 Å². The number of amides is 1. The van der Waals surface area contributed by atoms with Gasteiger partial charge in [-0.25, -0.2) is 9.97 Å². The summed E-state index contributed by atoms with van der Waals surface area (Å²) in [5.74, 6) is 0.549. The monoisotopic (exact) mass is 388 g/mol. The maximum absolute atomic E-state index is 13.5. The second kappa shape index (κ2) is 6.70. The number of carbonyl (C=O) groups excluding carboxylic acids is 1. The predicted octanol–water partition coefficient (Wildman–Crippen LogP) is 2.69. The fraction of sp³-hybridized carbons (Fsp3) is 0.318. The minimum atomic E-state index is 0.0297. The molecule has 29 heavy (non-hydrogen) atoms. The quantitative estimate of drug-likeness (QED) is 0.541. The molecule has 1 aliphatic rings. The Labute approximate surface area is 169 Å². The van der Waals surface area contributed by atoms with Crippen LogP contribution in [-0.2, 0) is 7.05 Å². The van der Waals surface area contributed by atoms with Gasteiger partial charge in [-0.05, 0) is 38.7 Å². The Hall–Kier alpha value is -3.19. The lowest BCUT2D eigenvalue weighted by atomic mass is 10.2. The molecule has 4 heterocycles. The van der Waals surface area contributed by atoms with Crippen LogP contribution >= 0.6 is 0 Å². The minimum Gasteiger partial charge on any atom is -0.342 e. The zero-order valence-corrected chi connectivity index (χ0v) is 16.9. The Balaban J connectivity index is 1.72. The van der Waals surface area contributed by atoms with Crippen LogP contribution < -0.4 is 0 Å². The molecule has 7 heteroatoms. The first-order valence-electron chi connectivity index (χ1n) is 9.88. The molecular formula is C22H24N6O. The van der Waals surface area contributed by atoms with Crippen molar-refractivity contribution in [3.05, 3.63) is 54.5 Å². The molecule has 1 saturated heterocycles. The van der Waals surface area contributed by atoms with Crippen molar-refractivity contribution >= 4 is 27.8 Å². The van der Waals surface area contributed by atoms with Crippen LogP contribution in [0.3, 0.4) is 0 Å². The van der Waals surface area contributed by atoms with Gasteiger partial charge in [0, 0.05) is 44.0 Å². The number of rotatable bonds is 3. The number of hydrogen-bond donors (Lipinski definition) is 0. The second-order valence-electron chi connectivity index (χ2n) is 7.88. The van der Waals surface area contributed by atoms with Crippen LogP contribution in [0.1, 0.15) is 16.9 Å². The van der Waals surface area contributed by atoms with Crippen molar-refractivity contribution < 1.29 is 4.79 Å². The van der Waals surface area contributed by atoms with E-state index in [9.17, 15) is 4.79 Å². The highest BCUT2D eigenvalue weighted by atomic mass is 16.2. The number of hydrogen-bond acceptors (Lipinski definition) is 4. The van der Waals surface area contributed by atoms with Gasteiger partial charge in [0.15, 0.2) is 0 Å². The molecule has 0 spiro atoms. The Morgan fingerprint density at radius 2 is 1.86 bits per heavy atom. The standard InChI is InChI=1S/C22H24N6O/c1-25(2)15-9-12-27(14-15)21(29)19-13-18-20(28(19)22-23-10-6-11-24-22)16-7-4-5-8-17(16)26(18)3/h4-8,10-11,13,15H,9,12,14H2,1-3H3/t15-/m0/s1. The summed E-state index contributed by atoms with van der Waals surface area (Å²) in [7, 11) is 6.17. The first kappa shape index (κ1) is 17.9. The van der Waals surface area contributed by atoms with E-state index in [1.807, 2.05) is 34.7 Å². The zero-order valence-electron chi connectivity index (χ0n) is 16.9. The number of para-hydroxylation sites is 1.